The highest BCUT2D eigenvalue weighted by atomic mass is 16.5. The maximum atomic E-state index is 5.68. The summed E-state index contributed by atoms with van der Waals surface area (Å²) in [6, 6.07) is 0.396. The highest BCUT2D eigenvalue weighted by Crippen LogP contribution is 2.21. The molecule has 1 fully saturated rings. The number of aromatic nitrogens is 2. The van der Waals surface area contributed by atoms with Crippen LogP contribution in [0.3, 0.4) is 0 Å². The van der Waals surface area contributed by atoms with E-state index in [0.29, 0.717) is 6.04 Å². The molecule has 1 aromatic rings. The minimum absolute atomic E-state index is 0.248. The summed E-state index contributed by atoms with van der Waals surface area (Å²) >= 11 is 0. The van der Waals surface area contributed by atoms with E-state index in [9.17, 15) is 0 Å². The van der Waals surface area contributed by atoms with Gasteiger partial charge in [-0.15, -0.1) is 0 Å². The van der Waals surface area contributed by atoms with Gasteiger partial charge in [0.15, 0.2) is 0 Å². The summed E-state index contributed by atoms with van der Waals surface area (Å²) < 4.78 is 5.68. The van der Waals surface area contributed by atoms with Crippen molar-refractivity contribution < 1.29 is 4.74 Å². The Morgan fingerprint density at radius 3 is 3.06 bits per heavy atom. The molecule has 1 aromatic heterocycles. The fourth-order valence-corrected chi connectivity index (χ4v) is 2.08. The molecule has 1 saturated heterocycles. The zero-order valence-electron chi connectivity index (χ0n) is 10.7. The molecule has 0 amide bonds. The second-order valence-corrected chi connectivity index (χ2v) is 4.37. The van der Waals surface area contributed by atoms with Crippen molar-refractivity contribution in [2.45, 2.75) is 32.4 Å². The highest BCUT2D eigenvalue weighted by molar-refractivity contribution is 5.44. The molecule has 5 heteroatoms. The second-order valence-electron chi connectivity index (χ2n) is 4.37. The molecule has 0 bridgehead atoms. The molecule has 2 heterocycles. The Labute approximate surface area is 102 Å². The van der Waals surface area contributed by atoms with Crippen molar-refractivity contribution in [2.75, 3.05) is 30.4 Å². The fourth-order valence-electron chi connectivity index (χ4n) is 2.08. The van der Waals surface area contributed by atoms with Gasteiger partial charge in [-0.3, -0.25) is 4.98 Å². The first-order valence-electron chi connectivity index (χ1n) is 6.12. The minimum atomic E-state index is 0.248. The Balaban J connectivity index is 2.22. The third-order valence-electron chi connectivity index (χ3n) is 3.11. The van der Waals surface area contributed by atoms with Crippen molar-refractivity contribution in [1.82, 2.24) is 9.97 Å². The molecule has 0 radical (unpaired) electrons. The van der Waals surface area contributed by atoms with Gasteiger partial charge >= 0.3 is 0 Å². The van der Waals surface area contributed by atoms with Crippen molar-refractivity contribution in [3.63, 3.8) is 0 Å². The Morgan fingerprint density at radius 1 is 1.53 bits per heavy atom. The molecule has 2 unspecified atom stereocenters. The largest absolute Gasteiger partial charge is 0.375 e. The fraction of sp³-hybridized carbons (Fsp3) is 0.667. The molecule has 17 heavy (non-hydrogen) atoms. The van der Waals surface area contributed by atoms with Crippen molar-refractivity contribution in [2.24, 2.45) is 0 Å². The van der Waals surface area contributed by atoms with Crippen LogP contribution in [0.25, 0.3) is 0 Å². The number of ether oxygens (including phenoxy) is 1. The zero-order chi connectivity index (χ0) is 12.3. The lowest BCUT2D eigenvalue weighted by Crippen LogP contribution is -2.49. The lowest BCUT2D eigenvalue weighted by atomic mass is 10.1. The molecule has 1 aliphatic heterocycles. The van der Waals surface area contributed by atoms with E-state index in [1.165, 1.54) is 0 Å². The number of hydrogen-bond donors (Lipinski definition) is 1. The molecular formula is C12H20N4O. The molecule has 0 aromatic carbocycles. The van der Waals surface area contributed by atoms with Crippen LogP contribution in [-0.2, 0) is 4.74 Å². The van der Waals surface area contributed by atoms with E-state index in [4.69, 9.17) is 4.74 Å². The van der Waals surface area contributed by atoms with Gasteiger partial charge in [0.25, 0.3) is 0 Å². The van der Waals surface area contributed by atoms with Gasteiger partial charge in [0, 0.05) is 13.6 Å². The van der Waals surface area contributed by atoms with E-state index in [2.05, 4.69) is 34.0 Å². The Morgan fingerprint density at radius 2 is 2.35 bits per heavy atom. The molecule has 94 valence electrons. The summed E-state index contributed by atoms with van der Waals surface area (Å²) in [5.74, 6) is 1.73. The predicted molar refractivity (Wildman–Crippen MR) is 68.4 cm³/mol. The summed E-state index contributed by atoms with van der Waals surface area (Å²) in [4.78, 5) is 11.1. The normalized spacial score (nSPS) is 24.8. The first-order chi connectivity index (χ1) is 8.24. The minimum Gasteiger partial charge on any atom is -0.375 e. The van der Waals surface area contributed by atoms with Gasteiger partial charge < -0.3 is 15.0 Å². The number of morpholine rings is 1. The van der Waals surface area contributed by atoms with Crippen molar-refractivity contribution >= 4 is 11.6 Å². The lowest BCUT2D eigenvalue weighted by Gasteiger charge is -2.39. The van der Waals surface area contributed by atoms with Crippen LogP contribution in [0.5, 0.6) is 0 Å². The molecule has 0 saturated carbocycles. The zero-order valence-corrected chi connectivity index (χ0v) is 10.7. The van der Waals surface area contributed by atoms with E-state index in [1.54, 1.807) is 6.20 Å². The SMILES string of the molecule is CCC1COC(C)CN1c1cncc(NC)n1. The quantitative estimate of drug-likeness (QED) is 0.862. The molecule has 2 rings (SSSR count). The van der Waals surface area contributed by atoms with Crippen LogP contribution in [0.15, 0.2) is 12.4 Å². The maximum Gasteiger partial charge on any atom is 0.149 e. The van der Waals surface area contributed by atoms with Gasteiger partial charge in [-0.25, -0.2) is 4.98 Å². The second kappa shape index (κ2) is 5.31. The molecular weight excluding hydrogens is 216 g/mol. The smallest absolute Gasteiger partial charge is 0.149 e. The molecule has 2 atom stereocenters. The van der Waals surface area contributed by atoms with E-state index in [-0.39, 0.29) is 6.10 Å². The van der Waals surface area contributed by atoms with Gasteiger partial charge in [0.2, 0.25) is 0 Å². The Bertz CT molecular complexity index is 371. The van der Waals surface area contributed by atoms with Crippen LogP contribution in [-0.4, -0.2) is 42.3 Å². The summed E-state index contributed by atoms with van der Waals surface area (Å²) in [7, 11) is 1.85. The Hall–Kier alpha value is -1.36. The molecule has 0 spiro atoms. The summed E-state index contributed by atoms with van der Waals surface area (Å²) in [6.45, 7) is 5.91. The van der Waals surface area contributed by atoms with Crippen LogP contribution >= 0.6 is 0 Å². The third kappa shape index (κ3) is 2.66. The molecule has 0 aliphatic carbocycles. The first kappa shape index (κ1) is 12.1. The van der Waals surface area contributed by atoms with E-state index < -0.39 is 0 Å². The predicted octanol–water partition coefficient (Wildman–Crippen LogP) is 1.52. The van der Waals surface area contributed by atoms with E-state index in [0.717, 1.165) is 31.2 Å². The number of hydrogen-bond acceptors (Lipinski definition) is 5. The van der Waals surface area contributed by atoms with Gasteiger partial charge in [0.1, 0.15) is 11.6 Å². The first-order valence-corrected chi connectivity index (χ1v) is 6.12. The van der Waals surface area contributed by atoms with Gasteiger partial charge in [-0.2, -0.15) is 0 Å². The summed E-state index contributed by atoms with van der Waals surface area (Å²) in [6.07, 6.45) is 4.85. The third-order valence-corrected chi connectivity index (χ3v) is 3.11. The number of anilines is 2. The van der Waals surface area contributed by atoms with Crippen LogP contribution < -0.4 is 10.2 Å². The van der Waals surface area contributed by atoms with Crippen LogP contribution in [0.4, 0.5) is 11.6 Å². The average Bonchev–Trinajstić information content (AvgIpc) is 2.39. The van der Waals surface area contributed by atoms with Crippen LogP contribution in [0.1, 0.15) is 20.3 Å². The van der Waals surface area contributed by atoms with E-state index >= 15 is 0 Å². The van der Waals surface area contributed by atoms with Crippen LogP contribution in [0.2, 0.25) is 0 Å². The van der Waals surface area contributed by atoms with Crippen molar-refractivity contribution in [3.8, 4) is 0 Å². The van der Waals surface area contributed by atoms with Gasteiger partial charge in [-0.1, -0.05) is 6.92 Å². The molecule has 5 nitrogen and oxygen atoms in total. The topological polar surface area (TPSA) is 50.3 Å². The Kier molecular flexibility index (Phi) is 3.78. The summed E-state index contributed by atoms with van der Waals surface area (Å²) in [5.41, 5.74) is 0. The monoisotopic (exact) mass is 236 g/mol. The lowest BCUT2D eigenvalue weighted by molar-refractivity contribution is 0.0296. The van der Waals surface area contributed by atoms with Gasteiger partial charge in [0.05, 0.1) is 31.1 Å². The van der Waals surface area contributed by atoms with Gasteiger partial charge in [-0.05, 0) is 13.3 Å². The number of nitrogens with zero attached hydrogens (tertiary/aromatic N) is 3. The molecule has 1 N–H and O–H groups in total. The maximum absolute atomic E-state index is 5.68. The highest BCUT2D eigenvalue weighted by Gasteiger charge is 2.26. The van der Waals surface area contributed by atoms with Crippen molar-refractivity contribution in [3.05, 3.63) is 12.4 Å². The van der Waals surface area contributed by atoms with Crippen LogP contribution in [0, 0.1) is 0 Å². The standard InChI is InChI=1S/C12H20N4O/c1-4-10-8-17-9(2)7-16(10)12-6-14-5-11(13-3)15-12/h5-6,9-10H,4,7-8H2,1-3H3,(H,13,15). The number of nitrogens with one attached hydrogen (secondary N) is 1. The number of rotatable bonds is 3. The van der Waals surface area contributed by atoms with Crippen molar-refractivity contribution in [1.29, 1.82) is 0 Å². The molecule has 1 aliphatic rings. The average molecular weight is 236 g/mol. The summed E-state index contributed by atoms with van der Waals surface area (Å²) in [5, 5.41) is 3.02. The van der Waals surface area contributed by atoms with E-state index in [1.807, 2.05) is 13.2 Å².